The van der Waals surface area contributed by atoms with E-state index in [0.717, 1.165) is 6.42 Å². The molecule has 0 amide bonds. The van der Waals surface area contributed by atoms with Gasteiger partial charge in [0.25, 0.3) is 0 Å². The van der Waals surface area contributed by atoms with Crippen molar-refractivity contribution in [3.8, 4) is 0 Å². The Balaban J connectivity index is 3.59. The molecule has 2 atom stereocenters. The fourth-order valence-electron chi connectivity index (χ4n) is 1.13. The van der Waals surface area contributed by atoms with E-state index in [2.05, 4.69) is 10.6 Å². The van der Waals surface area contributed by atoms with E-state index >= 15 is 0 Å². The average Bonchev–Trinajstić information content (AvgIpc) is 2.52. The lowest BCUT2D eigenvalue weighted by molar-refractivity contribution is 0.273. The zero-order valence-electron chi connectivity index (χ0n) is 12.4. The van der Waals surface area contributed by atoms with Crippen molar-refractivity contribution in [2.24, 2.45) is 0 Å². The minimum atomic E-state index is -2.72. The first-order valence-corrected chi connectivity index (χ1v) is 9.92. The summed E-state index contributed by atoms with van der Waals surface area (Å²) in [6, 6.07) is 0. The van der Waals surface area contributed by atoms with Gasteiger partial charge in [0.05, 0.1) is 0 Å². The van der Waals surface area contributed by atoms with Crippen LogP contribution in [0.4, 0.5) is 0 Å². The summed E-state index contributed by atoms with van der Waals surface area (Å²) < 4.78 is 33.3. The van der Waals surface area contributed by atoms with E-state index in [0.29, 0.717) is 13.1 Å². The van der Waals surface area contributed by atoms with E-state index in [1.165, 1.54) is 10.7 Å². The maximum absolute atomic E-state index is 11.6. The Morgan fingerprint density at radius 2 is 1.29 bits per heavy atom. The van der Waals surface area contributed by atoms with Crippen LogP contribution in [0.5, 0.6) is 0 Å². The molecule has 4 N–H and O–H groups in total. The Kier molecular flexibility index (Phi) is 11.3. The Labute approximate surface area is 127 Å². The quantitative estimate of drug-likeness (QED) is 0.191. The molecule has 128 valence electrons. The third-order valence-electron chi connectivity index (χ3n) is 2.51. The predicted molar refractivity (Wildman–Crippen MR) is 86.5 cm³/mol. The molecule has 0 rings (SSSR count). The Morgan fingerprint density at radius 3 is 1.57 bits per heavy atom. The minimum Gasteiger partial charge on any atom is -0.381 e. The average molecular weight is 346 g/mol. The number of hydrogen-bond acceptors (Lipinski definition) is 8. The van der Waals surface area contributed by atoms with Gasteiger partial charge in [0, 0.05) is 0 Å². The highest BCUT2D eigenvalue weighted by Gasteiger charge is 2.04. The number of rotatable bonds is 12. The minimum absolute atomic E-state index is 0.0867. The molecule has 0 radical (unpaired) electrons. The Morgan fingerprint density at radius 1 is 0.905 bits per heavy atom. The molecule has 0 spiro atoms. The third-order valence-corrected chi connectivity index (χ3v) is 5.70. The standard InChI is InChI=1S/C11H26N2O6S2/c1-3-20(16,10-14)18-8-12-6-5-7-13-9-19-21(17,4-2)11-15/h3-4,12-15H,5-11H2,1-2H3. The van der Waals surface area contributed by atoms with Crippen LogP contribution in [0.2, 0.25) is 0 Å². The largest absolute Gasteiger partial charge is 0.381 e. The normalized spacial score (nSPS) is 17.0. The van der Waals surface area contributed by atoms with E-state index < -0.39 is 31.5 Å². The molecule has 0 aromatic heterocycles. The zero-order chi connectivity index (χ0) is 16.2. The van der Waals surface area contributed by atoms with Gasteiger partial charge in [-0.2, -0.15) is 0 Å². The molecule has 10 heteroatoms. The van der Waals surface area contributed by atoms with Crippen molar-refractivity contribution in [2.45, 2.75) is 20.3 Å². The lowest BCUT2D eigenvalue weighted by Crippen LogP contribution is -2.28. The zero-order valence-corrected chi connectivity index (χ0v) is 14.1. The van der Waals surface area contributed by atoms with Crippen molar-refractivity contribution < 1.29 is 27.0 Å². The molecule has 0 bridgehead atoms. The fourth-order valence-corrected chi connectivity index (χ4v) is 2.41. The second kappa shape index (κ2) is 11.4. The summed E-state index contributed by atoms with van der Waals surface area (Å²) in [5.74, 6) is -1.05. The lowest BCUT2D eigenvalue weighted by atomic mass is 10.4. The van der Waals surface area contributed by atoms with Gasteiger partial charge in [-0.15, -0.1) is 0 Å². The van der Waals surface area contributed by atoms with Gasteiger partial charge in [0.1, 0.15) is 44.9 Å². The summed E-state index contributed by atoms with van der Waals surface area (Å²) in [6.07, 6.45) is 0.749. The summed E-state index contributed by atoms with van der Waals surface area (Å²) >= 11 is 0. The summed E-state index contributed by atoms with van der Waals surface area (Å²) in [5.41, 5.74) is 0. The first-order chi connectivity index (χ1) is 9.95. The van der Waals surface area contributed by atoms with Crippen LogP contribution in [0.3, 0.4) is 0 Å². The summed E-state index contributed by atoms with van der Waals surface area (Å²) in [4.78, 5) is 0. The summed E-state index contributed by atoms with van der Waals surface area (Å²) in [6.45, 7) is 4.55. The molecule has 2 unspecified atom stereocenters. The number of nitrogens with one attached hydrogen (secondary N) is 2. The molecule has 8 nitrogen and oxygen atoms in total. The second-order valence-corrected chi connectivity index (χ2v) is 8.52. The number of aliphatic hydroxyl groups is 2. The number of hydrogen-bond donors (Lipinski definition) is 4. The molecule has 0 saturated heterocycles. The molecular weight excluding hydrogens is 320 g/mol. The summed E-state index contributed by atoms with van der Waals surface area (Å²) in [5, 5.41) is 26.3. The van der Waals surface area contributed by atoms with E-state index in [1.54, 1.807) is 13.8 Å². The third kappa shape index (κ3) is 9.42. The maximum atomic E-state index is 11.6. The molecule has 0 aromatic carbocycles. The molecule has 0 fully saturated rings. The van der Waals surface area contributed by atoms with E-state index in [-0.39, 0.29) is 13.5 Å². The molecular formula is C11H26N2O6S2. The molecule has 0 aliphatic heterocycles. The SMILES string of the molecule is CC=S(=O)(CO)OCNCCCNCOS(=O)(=CC)CO. The highest BCUT2D eigenvalue weighted by atomic mass is 32.2. The molecule has 0 aliphatic carbocycles. The first-order valence-electron chi connectivity index (χ1n) is 6.49. The van der Waals surface area contributed by atoms with Crippen LogP contribution in [0.1, 0.15) is 20.3 Å². The van der Waals surface area contributed by atoms with Gasteiger partial charge in [-0.3, -0.25) is 19.0 Å². The van der Waals surface area contributed by atoms with Gasteiger partial charge in [-0.1, -0.05) is 0 Å². The van der Waals surface area contributed by atoms with Crippen LogP contribution in [0.15, 0.2) is 0 Å². The van der Waals surface area contributed by atoms with Crippen LogP contribution < -0.4 is 10.6 Å². The van der Waals surface area contributed by atoms with Crippen LogP contribution in [-0.4, -0.2) is 67.8 Å². The van der Waals surface area contributed by atoms with E-state index in [4.69, 9.17) is 18.6 Å². The van der Waals surface area contributed by atoms with Gasteiger partial charge < -0.3 is 10.2 Å². The van der Waals surface area contributed by atoms with Crippen LogP contribution in [-0.2, 0) is 28.0 Å². The molecule has 0 heterocycles. The van der Waals surface area contributed by atoms with Crippen molar-refractivity contribution in [3.05, 3.63) is 0 Å². The summed E-state index contributed by atoms with van der Waals surface area (Å²) in [7, 11) is -5.43. The molecule has 0 aliphatic rings. The highest BCUT2D eigenvalue weighted by molar-refractivity contribution is 7.97. The van der Waals surface area contributed by atoms with Crippen LogP contribution in [0.25, 0.3) is 0 Å². The van der Waals surface area contributed by atoms with Gasteiger partial charge in [0.15, 0.2) is 0 Å². The van der Waals surface area contributed by atoms with Gasteiger partial charge >= 0.3 is 0 Å². The van der Waals surface area contributed by atoms with Gasteiger partial charge in [-0.05, 0) is 44.1 Å². The Hall–Kier alpha value is -0.200. The van der Waals surface area contributed by atoms with Crippen LogP contribution in [0, 0.1) is 0 Å². The molecule has 21 heavy (non-hydrogen) atoms. The van der Waals surface area contributed by atoms with E-state index in [9.17, 15) is 8.42 Å². The Bertz CT molecular complexity index is 449. The van der Waals surface area contributed by atoms with E-state index in [1.807, 2.05) is 0 Å². The highest BCUT2D eigenvalue weighted by Crippen LogP contribution is 1.92. The van der Waals surface area contributed by atoms with Crippen molar-refractivity contribution in [2.75, 3.05) is 38.4 Å². The monoisotopic (exact) mass is 346 g/mol. The van der Waals surface area contributed by atoms with Crippen LogP contribution >= 0.6 is 0 Å². The topological polar surface area (TPSA) is 117 Å². The van der Waals surface area contributed by atoms with Crippen molar-refractivity contribution in [3.63, 3.8) is 0 Å². The van der Waals surface area contributed by atoms with Crippen molar-refractivity contribution in [1.82, 2.24) is 10.6 Å². The number of aliphatic hydroxyl groups excluding tert-OH is 2. The predicted octanol–water partition coefficient (Wildman–Crippen LogP) is -1.55. The molecule has 0 aromatic rings. The lowest BCUT2D eigenvalue weighted by Gasteiger charge is -2.11. The molecule has 0 saturated carbocycles. The smallest absolute Gasteiger partial charge is 0.134 e. The van der Waals surface area contributed by atoms with Gasteiger partial charge in [0.2, 0.25) is 0 Å². The van der Waals surface area contributed by atoms with Crippen molar-refractivity contribution in [1.29, 1.82) is 0 Å². The maximum Gasteiger partial charge on any atom is 0.134 e. The van der Waals surface area contributed by atoms with Crippen molar-refractivity contribution >= 4 is 30.3 Å². The second-order valence-electron chi connectivity index (χ2n) is 3.93. The fraction of sp³-hybridized carbons (Fsp3) is 0.818. The van der Waals surface area contributed by atoms with Gasteiger partial charge in [-0.25, -0.2) is 8.42 Å². The first kappa shape index (κ1) is 20.8.